The molecule has 0 radical (unpaired) electrons. The summed E-state index contributed by atoms with van der Waals surface area (Å²) in [7, 11) is -3.55. The van der Waals surface area contributed by atoms with Crippen molar-refractivity contribution < 1.29 is 22.3 Å². The molecule has 3 saturated heterocycles. The van der Waals surface area contributed by atoms with E-state index in [-0.39, 0.29) is 47.1 Å². The summed E-state index contributed by atoms with van der Waals surface area (Å²) in [5.41, 5.74) is 6.12. The van der Waals surface area contributed by atoms with E-state index in [4.69, 9.17) is 22.1 Å². The monoisotopic (exact) mass is 708 g/mol. The zero-order valence-electron chi connectivity index (χ0n) is 28.4. The number of ether oxygens (including phenoxy) is 1. The van der Waals surface area contributed by atoms with Crippen molar-refractivity contribution >= 4 is 33.5 Å². The lowest BCUT2D eigenvalue weighted by atomic mass is 9.72. The number of benzene rings is 1. The van der Waals surface area contributed by atoms with Crippen LogP contribution in [0.1, 0.15) is 63.7 Å². The minimum absolute atomic E-state index is 0.0703. The number of likely N-dealkylation sites (tertiary alicyclic amines) is 1. The molecule has 2 aromatic rings. The summed E-state index contributed by atoms with van der Waals surface area (Å²) >= 11 is 5.71. The Balaban J connectivity index is 1.14. The normalized spacial score (nSPS) is 19.9. The largest absolute Gasteiger partial charge is 0.451 e. The van der Waals surface area contributed by atoms with E-state index in [0.717, 1.165) is 58.4 Å². The van der Waals surface area contributed by atoms with Crippen LogP contribution in [0.15, 0.2) is 30.7 Å². The number of carbonyl (C=O) groups excluding carboxylic acids is 1. The van der Waals surface area contributed by atoms with Crippen molar-refractivity contribution in [2.45, 2.75) is 71.5 Å². The summed E-state index contributed by atoms with van der Waals surface area (Å²) < 4.78 is 50.0. The van der Waals surface area contributed by atoms with E-state index in [1.165, 1.54) is 28.8 Å². The molecule has 12 nitrogen and oxygen atoms in total. The molecule has 3 fully saturated rings. The molecule has 3 aliphatic heterocycles. The maximum atomic E-state index is 14.4. The molecule has 1 spiro atoms. The quantitative estimate of drug-likeness (QED) is 0.299. The Bertz CT molecular complexity index is 1500. The predicted octanol–water partition coefficient (Wildman–Crippen LogP) is 3.68. The number of carbonyl (C=O) groups is 1. The van der Waals surface area contributed by atoms with E-state index in [0.29, 0.717) is 30.6 Å². The smallest absolute Gasteiger partial charge is 0.279 e. The van der Waals surface area contributed by atoms with Crippen molar-refractivity contribution in [3.8, 4) is 11.5 Å². The number of nitrogens with two attached hydrogens (primary N) is 1. The highest BCUT2D eigenvalue weighted by atomic mass is 35.5. The first-order valence-electron chi connectivity index (χ1n) is 16.9. The van der Waals surface area contributed by atoms with Crippen molar-refractivity contribution in [3.63, 3.8) is 0 Å². The van der Waals surface area contributed by atoms with Gasteiger partial charge in [-0.2, -0.15) is 12.7 Å². The molecule has 266 valence electrons. The standard InChI is InChI=1S/C33H50ClFN8O4S/c1-23(2)43(24(3)4)32(44)28-15-26(35)5-6-29(28)47-30-18-37-22-38-31(30)41-20-33(21-41)9-13-40(14-10-33)19-25-7-11-42(12-8-25)48(45,46)39-17-27(36)16-34/h5-6,15,18,22-25,27,39H,7-14,16-17,19-21,36H2,1-4H3. The molecule has 5 rings (SSSR count). The van der Waals surface area contributed by atoms with E-state index in [1.807, 2.05) is 27.7 Å². The van der Waals surface area contributed by atoms with Gasteiger partial charge < -0.3 is 25.2 Å². The predicted molar refractivity (Wildman–Crippen MR) is 185 cm³/mol. The van der Waals surface area contributed by atoms with Crippen LogP contribution in [-0.4, -0.2) is 115 Å². The van der Waals surface area contributed by atoms with Gasteiger partial charge >= 0.3 is 0 Å². The average molecular weight is 709 g/mol. The van der Waals surface area contributed by atoms with Crippen LogP contribution in [0.3, 0.4) is 0 Å². The molecule has 4 heterocycles. The van der Waals surface area contributed by atoms with Crippen molar-refractivity contribution in [3.05, 3.63) is 42.1 Å². The van der Waals surface area contributed by atoms with Crippen molar-refractivity contribution in [1.82, 2.24) is 28.8 Å². The number of nitrogens with zero attached hydrogens (tertiary/aromatic N) is 6. The van der Waals surface area contributed by atoms with Gasteiger partial charge in [0.25, 0.3) is 16.1 Å². The number of alkyl halides is 1. The SMILES string of the molecule is CC(C)N(C(=O)c1cc(F)ccc1Oc1cncnc1N1CC2(CCN(CC3CCN(S(=O)(=O)NCC(N)CCl)CC3)CC2)C1)C(C)C. The molecule has 1 aromatic carbocycles. The van der Waals surface area contributed by atoms with Gasteiger partial charge in [0.1, 0.15) is 17.9 Å². The number of aromatic nitrogens is 2. The number of hydrogen-bond donors (Lipinski definition) is 2. The molecule has 0 aliphatic carbocycles. The summed E-state index contributed by atoms with van der Waals surface area (Å²) in [4.78, 5) is 28.7. The highest BCUT2D eigenvalue weighted by Gasteiger charge is 2.46. The van der Waals surface area contributed by atoms with Gasteiger partial charge in [-0.05, 0) is 90.6 Å². The Morgan fingerprint density at radius 2 is 1.79 bits per heavy atom. The molecule has 1 amide bonds. The molecule has 0 saturated carbocycles. The molecule has 1 aromatic heterocycles. The number of hydrogen-bond acceptors (Lipinski definition) is 9. The summed E-state index contributed by atoms with van der Waals surface area (Å²) in [5.74, 6) is 1.22. The number of rotatable bonds is 13. The first-order valence-corrected chi connectivity index (χ1v) is 18.9. The van der Waals surface area contributed by atoms with Crippen LogP contribution >= 0.6 is 11.6 Å². The van der Waals surface area contributed by atoms with E-state index >= 15 is 0 Å². The van der Waals surface area contributed by atoms with Gasteiger partial charge in [0.05, 0.1) is 11.8 Å². The maximum Gasteiger partial charge on any atom is 0.279 e. The molecule has 48 heavy (non-hydrogen) atoms. The van der Waals surface area contributed by atoms with Crippen molar-refractivity contribution in [2.75, 3.05) is 63.1 Å². The van der Waals surface area contributed by atoms with Gasteiger partial charge in [0, 0.05) is 68.7 Å². The summed E-state index contributed by atoms with van der Waals surface area (Å²) in [5, 5.41) is 0. The van der Waals surface area contributed by atoms with Gasteiger partial charge in [0.2, 0.25) is 0 Å². The molecule has 0 bridgehead atoms. The number of nitrogens with one attached hydrogen (secondary N) is 1. The molecule has 15 heteroatoms. The lowest BCUT2D eigenvalue weighted by Crippen LogP contribution is -2.61. The number of amides is 1. The fourth-order valence-corrected chi connectivity index (χ4v) is 8.60. The van der Waals surface area contributed by atoms with Crippen LogP contribution in [0, 0.1) is 17.2 Å². The minimum Gasteiger partial charge on any atom is -0.451 e. The van der Waals surface area contributed by atoms with E-state index in [1.54, 1.807) is 11.1 Å². The molecule has 1 unspecified atom stereocenters. The first-order chi connectivity index (χ1) is 22.8. The van der Waals surface area contributed by atoms with Crippen LogP contribution in [0.25, 0.3) is 0 Å². The molecule has 3 aliphatic rings. The van der Waals surface area contributed by atoms with Crippen LogP contribution in [-0.2, 0) is 10.2 Å². The summed E-state index contributed by atoms with van der Waals surface area (Å²) in [6.07, 6.45) is 6.90. The Morgan fingerprint density at radius 3 is 2.42 bits per heavy atom. The molecular formula is C33H50ClFN8O4S. The van der Waals surface area contributed by atoms with E-state index < -0.39 is 22.1 Å². The molecule has 3 N–H and O–H groups in total. The second-order valence-electron chi connectivity index (χ2n) is 14.1. The van der Waals surface area contributed by atoms with Crippen molar-refractivity contribution in [2.24, 2.45) is 17.1 Å². The first kappa shape index (κ1) is 36.7. The molecular weight excluding hydrogens is 659 g/mol. The zero-order chi connectivity index (χ0) is 34.6. The van der Waals surface area contributed by atoms with Crippen LogP contribution in [0.2, 0.25) is 0 Å². The Morgan fingerprint density at radius 1 is 1.12 bits per heavy atom. The number of piperidine rings is 2. The van der Waals surface area contributed by atoms with Gasteiger partial charge in [-0.25, -0.2) is 19.1 Å². The average Bonchev–Trinajstić information content (AvgIpc) is 3.04. The van der Waals surface area contributed by atoms with Gasteiger partial charge in [-0.1, -0.05) is 0 Å². The lowest BCUT2D eigenvalue weighted by molar-refractivity contribution is 0.0609. The summed E-state index contributed by atoms with van der Waals surface area (Å²) in [6, 6.07) is 3.47. The van der Waals surface area contributed by atoms with Crippen LogP contribution < -0.4 is 20.1 Å². The maximum absolute atomic E-state index is 14.4. The fraction of sp³-hybridized carbons (Fsp3) is 0.667. The Hall–Kier alpha value is -2.62. The Labute approximate surface area is 289 Å². The molecule has 1 atom stereocenters. The van der Waals surface area contributed by atoms with Crippen LogP contribution in [0.5, 0.6) is 11.5 Å². The summed E-state index contributed by atoms with van der Waals surface area (Å²) in [6.45, 7) is 13.6. The van der Waals surface area contributed by atoms with Crippen LogP contribution in [0.4, 0.5) is 10.2 Å². The van der Waals surface area contributed by atoms with Crippen molar-refractivity contribution in [1.29, 1.82) is 0 Å². The third-order valence-electron chi connectivity index (χ3n) is 9.82. The minimum atomic E-state index is -3.55. The highest BCUT2D eigenvalue weighted by Crippen LogP contribution is 2.45. The third kappa shape index (κ3) is 8.56. The van der Waals surface area contributed by atoms with Gasteiger partial charge in [0.15, 0.2) is 11.6 Å². The van der Waals surface area contributed by atoms with E-state index in [2.05, 4.69) is 24.5 Å². The lowest BCUT2D eigenvalue weighted by Gasteiger charge is -2.54. The highest BCUT2D eigenvalue weighted by molar-refractivity contribution is 7.87. The third-order valence-corrected chi connectivity index (χ3v) is 11.8. The topological polar surface area (TPSA) is 137 Å². The van der Waals surface area contributed by atoms with E-state index in [9.17, 15) is 17.6 Å². The second-order valence-corrected chi connectivity index (χ2v) is 16.2. The fourth-order valence-electron chi connectivity index (χ4n) is 7.20. The zero-order valence-corrected chi connectivity index (χ0v) is 30.0. The van der Waals surface area contributed by atoms with Gasteiger partial charge in [-0.3, -0.25) is 4.79 Å². The Kier molecular flexibility index (Phi) is 11.8. The number of halogens is 2. The second kappa shape index (κ2) is 15.5. The number of anilines is 1. The van der Waals surface area contributed by atoms with Gasteiger partial charge in [-0.15, -0.1) is 11.6 Å².